The summed E-state index contributed by atoms with van der Waals surface area (Å²) < 4.78 is 0. The van der Waals surface area contributed by atoms with Crippen LogP contribution in [-0.2, 0) is 0 Å². The normalized spacial score (nSPS) is 24.6. The molecule has 2 aliphatic rings. The first-order valence-electron chi connectivity index (χ1n) is 8.50. The van der Waals surface area contributed by atoms with Crippen molar-refractivity contribution in [3.63, 3.8) is 0 Å². The number of nitrogens with zero attached hydrogens (tertiary/aromatic N) is 3. The molecule has 2 rings (SSSR count). The van der Waals surface area contributed by atoms with Crippen molar-refractivity contribution in [2.24, 2.45) is 10.9 Å². The molecule has 2 aliphatic heterocycles. The number of aliphatic imine (C=N–C) groups is 1. The molecule has 2 heterocycles. The molecule has 0 radical (unpaired) electrons. The van der Waals surface area contributed by atoms with Crippen molar-refractivity contribution in [1.29, 1.82) is 0 Å². The zero-order chi connectivity index (χ0) is 14.9. The lowest BCUT2D eigenvalue weighted by Crippen LogP contribution is -2.41. The topological polar surface area (TPSA) is 30.9 Å². The third kappa shape index (κ3) is 5.70. The molecule has 0 saturated carbocycles. The van der Waals surface area contributed by atoms with Gasteiger partial charge in [0.25, 0.3) is 0 Å². The molecule has 0 aromatic rings. The van der Waals surface area contributed by atoms with Gasteiger partial charge in [-0.15, -0.1) is 0 Å². The van der Waals surface area contributed by atoms with Crippen LogP contribution < -0.4 is 5.32 Å². The molecule has 1 unspecified atom stereocenters. The molecule has 122 valence electrons. The van der Waals surface area contributed by atoms with Gasteiger partial charge in [0.05, 0.1) is 0 Å². The fraction of sp³-hybridized carbons (Fsp3) is 0.938. The Morgan fingerprint density at radius 1 is 1.24 bits per heavy atom. The van der Waals surface area contributed by atoms with Crippen LogP contribution >= 0.6 is 11.8 Å². The highest BCUT2D eigenvalue weighted by Crippen LogP contribution is 2.19. The van der Waals surface area contributed by atoms with Crippen LogP contribution in [0, 0.1) is 5.92 Å². The van der Waals surface area contributed by atoms with Crippen molar-refractivity contribution < 1.29 is 0 Å². The predicted molar refractivity (Wildman–Crippen MR) is 94.3 cm³/mol. The summed E-state index contributed by atoms with van der Waals surface area (Å²) in [6.07, 6.45) is 8.93. The lowest BCUT2D eigenvalue weighted by atomic mass is 10.1. The van der Waals surface area contributed by atoms with E-state index in [-0.39, 0.29) is 0 Å². The molecule has 2 fully saturated rings. The number of likely N-dealkylation sites (tertiary alicyclic amines) is 2. The van der Waals surface area contributed by atoms with Gasteiger partial charge in [-0.05, 0) is 56.7 Å². The van der Waals surface area contributed by atoms with Gasteiger partial charge in [0, 0.05) is 33.2 Å². The minimum Gasteiger partial charge on any atom is -0.356 e. The minimum absolute atomic E-state index is 0.827. The fourth-order valence-corrected chi connectivity index (χ4v) is 3.86. The van der Waals surface area contributed by atoms with Crippen LogP contribution in [0.3, 0.4) is 0 Å². The maximum Gasteiger partial charge on any atom is 0.193 e. The molecular formula is C16H32N4S. The highest BCUT2D eigenvalue weighted by atomic mass is 32.2. The molecule has 0 spiro atoms. The van der Waals surface area contributed by atoms with Crippen molar-refractivity contribution in [1.82, 2.24) is 15.1 Å². The number of nitrogens with one attached hydrogen (secondary N) is 1. The van der Waals surface area contributed by atoms with Crippen molar-refractivity contribution in [3.05, 3.63) is 0 Å². The second kappa shape index (κ2) is 9.57. The van der Waals surface area contributed by atoms with Gasteiger partial charge in [-0.1, -0.05) is 6.42 Å². The first-order chi connectivity index (χ1) is 10.3. The van der Waals surface area contributed by atoms with E-state index in [4.69, 9.17) is 0 Å². The highest BCUT2D eigenvalue weighted by molar-refractivity contribution is 7.98. The summed E-state index contributed by atoms with van der Waals surface area (Å²) in [6, 6.07) is 0. The van der Waals surface area contributed by atoms with Crippen LogP contribution in [0.5, 0.6) is 0 Å². The highest BCUT2D eigenvalue weighted by Gasteiger charge is 2.26. The number of hydrogen-bond acceptors (Lipinski definition) is 3. The first-order valence-corrected chi connectivity index (χ1v) is 9.89. The van der Waals surface area contributed by atoms with Gasteiger partial charge in [-0.25, -0.2) is 0 Å². The number of hydrogen-bond donors (Lipinski definition) is 1. The van der Waals surface area contributed by atoms with Crippen molar-refractivity contribution in [2.75, 3.05) is 58.3 Å². The van der Waals surface area contributed by atoms with Crippen LogP contribution in [0.2, 0.25) is 0 Å². The van der Waals surface area contributed by atoms with E-state index in [1.807, 2.05) is 18.8 Å². The molecule has 1 N–H and O–H groups in total. The van der Waals surface area contributed by atoms with Gasteiger partial charge in [-0.2, -0.15) is 11.8 Å². The van der Waals surface area contributed by atoms with Crippen LogP contribution in [0.25, 0.3) is 0 Å². The zero-order valence-electron chi connectivity index (χ0n) is 13.8. The lowest BCUT2D eigenvalue weighted by Gasteiger charge is -2.29. The molecule has 5 heteroatoms. The molecule has 0 aromatic carbocycles. The third-order valence-electron chi connectivity index (χ3n) is 4.57. The van der Waals surface area contributed by atoms with Gasteiger partial charge in [0.15, 0.2) is 5.96 Å². The van der Waals surface area contributed by atoms with E-state index in [2.05, 4.69) is 26.4 Å². The number of rotatable bonds is 6. The van der Waals surface area contributed by atoms with E-state index in [0.717, 1.165) is 18.4 Å². The maximum atomic E-state index is 4.46. The Morgan fingerprint density at radius 3 is 2.76 bits per heavy atom. The summed E-state index contributed by atoms with van der Waals surface area (Å²) in [5.41, 5.74) is 0. The molecule has 0 amide bonds. The Hall–Kier alpha value is -0.420. The van der Waals surface area contributed by atoms with E-state index >= 15 is 0 Å². The van der Waals surface area contributed by atoms with Gasteiger partial charge in [0.2, 0.25) is 0 Å². The average molecular weight is 313 g/mol. The second-order valence-corrected chi connectivity index (χ2v) is 7.27. The van der Waals surface area contributed by atoms with Crippen molar-refractivity contribution >= 4 is 17.7 Å². The average Bonchev–Trinajstić information content (AvgIpc) is 2.97. The largest absolute Gasteiger partial charge is 0.356 e. The first kappa shape index (κ1) is 16.9. The standard InChI is InChI=1S/C16H32N4S/c1-17-16(18-8-6-12-21-2)20-11-7-15(14-20)13-19-9-4-3-5-10-19/h15H,3-14H2,1-2H3,(H,17,18). The van der Waals surface area contributed by atoms with Gasteiger partial charge >= 0.3 is 0 Å². The summed E-state index contributed by atoms with van der Waals surface area (Å²) in [7, 11) is 1.91. The summed E-state index contributed by atoms with van der Waals surface area (Å²) in [6.45, 7) is 7.32. The van der Waals surface area contributed by atoms with E-state index in [9.17, 15) is 0 Å². The van der Waals surface area contributed by atoms with Gasteiger partial charge in [0.1, 0.15) is 0 Å². The SMILES string of the molecule is CN=C(NCCCSC)N1CCC(CN2CCCCC2)C1. The summed E-state index contributed by atoms with van der Waals surface area (Å²) >= 11 is 1.91. The molecule has 1 atom stereocenters. The smallest absolute Gasteiger partial charge is 0.193 e. The molecule has 4 nitrogen and oxygen atoms in total. The van der Waals surface area contributed by atoms with E-state index in [0.29, 0.717) is 0 Å². The number of guanidine groups is 1. The molecule has 0 aromatic heterocycles. The molecule has 0 aliphatic carbocycles. The zero-order valence-corrected chi connectivity index (χ0v) is 14.6. The molecule has 21 heavy (non-hydrogen) atoms. The monoisotopic (exact) mass is 312 g/mol. The maximum absolute atomic E-state index is 4.46. The van der Waals surface area contributed by atoms with Crippen molar-refractivity contribution in [2.45, 2.75) is 32.1 Å². The Kier molecular flexibility index (Phi) is 7.72. The van der Waals surface area contributed by atoms with Crippen LogP contribution in [0.1, 0.15) is 32.1 Å². The lowest BCUT2D eigenvalue weighted by molar-refractivity contribution is 0.198. The van der Waals surface area contributed by atoms with Crippen LogP contribution in [0.4, 0.5) is 0 Å². The Bertz CT molecular complexity index is 315. The van der Waals surface area contributed by atoms with Crippen molar-refractivity contribution in [3.8, 4) is 0 Å². The molecule has 0 bridgehead atoms. The Labute approximate surface area is 134 Å². The van der Waals surface area contributed by atoms with Crippen LogP contribution in [0.15, 0.2) is 4.99 Å². The Balaban J connectivity index is 1.69. The van der Waals surface area contributed by atoms with E-state index in [1.165, 1.54) is 70.6 Å². The summed E-state index contributed by atoms with van der Waals surface area (Å²) in [5, 5.41) is 3.52. The van der Waals surface area contributed by atoms with E-state index in [1.54, 1.807) is 0 Å². The summed E-state index contributed by atoms with van der Waals surface area (Å²) in [5.74, 6) is 3.16. The van der Waals surface area contributed by atoms with Gasteiger partial charge in [-0.3, -0.25) is 4.99 Å². The number of piperidine rings is 1. The predicted octanol–water partition coefficient (Wildman–Crippen LogP) is 2.12. The summed E-state index contributed by atoms with van der Waals surface area (Å²) in [4.78, 5) is 9.59. The molecule has 2 saturated heterocycles. The third-order valence-corrected chi connectivity index (χ3v) is 5.27. The Morgan fingerprint density at radius 2 is 2.05 bits per heavy atom. The minimum atomic E-state index is 0.827. The van der Waals surface area contributed by atoms with Crippen LogP contribution in [-0.4, -0.2) is 74.1 Å². The quantitative estimate of drug-likeness (QED) is 0.462. The second-order valence-electron chi connectivity index (χ2n) is 6.28. The van der Waals surface area contributed by atoms with E-state index < -0.39 is 0 Å². The fourth-order valence-electron chi connectivity index (χ4n) is 3.43. The number of thioether (sulfide) groups is 1. The molecular weight excluding hydrogens is 280 g/mol. The van der Waals surface area contributed by atoms with Gasteiger partial charge < -0.3 is 15.1 Å².